The monoisotopic (exact) mass is 786 g/mol. The fraction of sp³-hybridized carbons (Fsp3) is 0.405. The first-order valence-electron chi connectivity index (χ1n) is 17.4. The number of alkyl halides is 5. The normalized spacial score (nSPS) is 21.8. The smallest absolute Gasteiger partial charge is 0.420 e. The molecule has 0 radical (unpaired) electrons. The summed E-state index contributed by atoms with van der Waals surface area (Å²) in [5.74, 6) is -5.15. The van der Waals surface area contributed by atoms with Crippen LogP contribution in [0.25, 0.3) is 32.1 Å². The van der Waals surface area contributed by atoms with Gasteiger partial charge in [-0.2, -0.15) is 28.4 Å². The topological polar surface area (TPSA) is 139 Å². The highest BCUT2D eigenvalue weighted by Crippen LogP contribution is 2.67. The number of methoxy groups -OCH3 is 1. The first-order chi connectivity index (χ1) is 26.1. The van der Waals surface area contributed by atoms with Gasteiger partial charge >= 0.3 is 12.2 Å². The van der Waals surface area contributed by atoms with Crippen molar-refractivity contribution >= 4 is 49.0 Å². The standard InChI is InChI=1S/C28H20F5N7O2S.C9H13F2N/c1-11(12-4-3-7-37-24(12)35)40-8-9-42-22-18-21(38-27(41-2)39-26(18)40)20(30)17(19(22)28(31,32)33)13-5-6-15(29)23-16(13)14(10-34)25(36)43-23;10-9(11)5-8(9)4-7-2-1-3-12(7)6-8/h3-7,11H,8-9,36H2,1-2H3,(H2,35,37);7H,1-6H2. The quantitative estimate of drug-likeness (QED) is 0.172. The number of anilines is 3. The van der Waals surface area contributed by atoms with Gasteiger partial charge in [-0.25, -0.2) is 22.5 Å². The molecule has 3 aliphatic heterocycles. The van der Waals surface area contributed by atoms with Crippen LogP contribution in [0, 0.1) is 28.4 Å². The van der Waals surface area contributed by atoms with Gasteiger partial charge in [0, 0.05) is 41.7 Å². The lowest BCUT2D eigenvalue weighted by Gasteiger charge is -2.30. The summed E-state index contributed by atoms with van der Waals surface area (Å²) < 4.78 is 113. The molecule has 4 aliphatic rings. The molecule has 3 atom stereocenters. The van der Waals surface area contributed by atoms with Crippen molar-refractivity contribution in [3.05, 3.63) is 58.8 Å². The molecule has 9 rings (SSSR count). The van der Waals surface area contributed by atoms with Crippen molar-refractivity contribution in [2.45, 2.75) is 56.8 Å². The zero-order valence-corrected chi connectivity index (χ0v) is 30.2. The summed E-state index contributed by atoms with van der Waals surface area (Å²) in [5.41, 5.74) is 8.34. The van der Waals surface area contributed by atoms with Crippen LogP contribution in [0.1, 0.15) is 55.3 Å². The SMILES string of the molecule is COc1nc2c3c(c(C(F)(F)F)c(-c4ccc(F)c5sc(N)c(C#N)c45)c(F)c3n1)OCCN2C(C)c1cccnc1N.FC1(F)CC12CC1CCCN1C2. The number of hydrogen-bond acceptors (Lipinski definition) is 11. The Balaban J connectivity index is 0.000000298. The number of ether oxygens (including phenoxy) is 2. The maximum absolute atomic E-state index is 16.7. The van der Waals surface area contributed by atoms with Gasteiger partial charge in [-0.15, -0.1) is 11.3 Å². The fourth-order valence-electron chi connectivity index (χ4n) is 8.43. The minimum absolute atomic E-state index is 0.0220. The largest absolute Gasteiger partial charge is 0.490 e. The fourth-order valence-corrected chi connectivity index (χ4v) is 9.38. The van der Waals surface area contributed by atoms with Crippen molar-refractivity contribution in [1.29, 1.82) is 5.26 Å². The summed E-state index contributed by atoms with van der Waals surface area (Å²) >= 11 is 0.675. The van der Waals surface area contributed by atoms with E-state index in [0.717, 1.165) is 31.5 Å². The summed E-state index contributed by atoms with van der Waals surface area (Å²) in [6.07, 6.45) is -0.395. The predicted octanol–water partition coefficient (Wildman–Crippen LogP) is 8.09. The van der Waals surface area contributed by atoms with Gasteiger partial charge in [0.05, 0.1) is 40.8 Å². The summed E-state index contributed by atoms with van der Waals surface area (Å²) in [4.78, 5) is 16.4. The van der Waals surface area contributed by atoms with E-state index in [1.165, 1.54) is 19.7 Å². The molecular formula is C37H33F7N8O2S. The van der Waals surface area contributed by atoms with Crippen LogP contribution in [0.15, 0.2) is 30.5 Å². The lowest BCUT2D eigenvalue weighted by atomic mass is 9.91. The Bertz CT molecular complexity index is 2400. The third-order valence-corrected chi connectivity index (χ3v) is 12.2. The Labute approximate surface area is 313 Å². The van der Waals surface area contributed by atoms with Crippen molar-refractivity contribution in [3.8, 4) is 29.0 Å². The molecule has 4 N–H and O–H groups in total. The lowest BCUT2D eigenvalue weighted by Crippen LogP contribution is -2.31. The second-order valence-corrected chi connectivity index (χ2v) is 15.3. The number of fused-ring (bicyclic) bond motifs is 2. The number of aromatic nitrogens is 3. The number of benzene rings is 2. The van der Waals surface area contributed by atoms with Crippen LogP contribution >= 0.6 is 11.3 Å². The molecule has 55 heavy (non-hydrogen) atoms. The molecule has 3 fully saturated rings. The van der Waals surface area contributed by atoms with E-state index in [1.807, 2.05) is 0 Å². The third-order valence-electron chi connectivity index (χ3n) is 11.1. The minimum atomic E-state index is -5.18. The van der Waals surface area contributed by atoms with Gasteiger partial charge in [0.15, 0.2) is 5.82 Å². The van der Waals surface area contributed by atoms with Gasteiger partial charge in [-0.1, -0.05) is 12.1 Å². The zero-order valence-electron chi connectivity index (χ0n) is 29.4. The molecule has 5 aromatic rings. The molecule has 1 spiro atoms. The number of nitrogen functional groups attached to an aromatic ring is 2. The molecule has 288 valence electrons. The number of hydrogen-bond donors (Lipinski definition) is 2. The van der Waals surface area contributed by atoms with E-state index in [1.54, 1.807) is 30.0 Å². The van der Waals surface area contributed by atoms with Crippen LogP contribution < -0.4 is 25.8 Å². The highest BCUT2D eigenvalue weighted by atomic mass is 32.1. The molecule has 6 heterocycles. The number of rotatable bonds is 4. The lowest BCUT2D eigenvalue weighted by molar-refractivity contribution is -0.138. The zero-order chi connectivity index (χ0) is 39.2. The number of halogens is 7. The highest BCUT2D eigenvalue weighted by molar-refractivity contribution is 7.23. The van der Waals surface area contributed by atoms with E-state index in [2.05, 4.69) is 19.9 Å². The molecule has 18 heteroatoms. The van der Waals surface area contributed by atoms with Gasteiger partial charge in [-0.3, -0.25) is 4.90 Å². The summed E-state index contributed by atoms with van der Waals surface area (Å²) in [7, 11) is 1.23. The van der Waals surface area contributed by atoms with Crippen LogP contribution in [0.2, 0.25) is 0 Å². The van der Waals surface area contributed by atoms with E-state index in [0.29, 0.717) is 29.5 Å². The van der Waals surface area contributed by atoms with E-state index in [4.69, 9.17) is 20.9 Å². The molecule has 10 nitrogen and oxygen atoms in total. The number of nitrogens with zero attached hydrogens (tertiary/aromatic N) is 6. The van der Waals surface area contributed by atoms with Gasteiger partial charge in [-0.05, 0) is 50.4 Å². The molecule has 1 aliphatic carbocycles. The van der Waals surface area contributed by atoms with Crippen LogP contribution in [-0.4, -0.2) is 65.2 Å². The Kier molecular flexibility index (Phi) is 8.68. The van der Waals surface area contributed by atoms with E-state index < -0.39 is 63.1 Å². The molecule has 0 bridgehead atoms. The third kappa shape index (κ3) is 5.81. The summed E-state index contributed by atoms with van der Waals surface area (Å²) in [6, 6.07) is 6.63. The van der Waals surface area contributed by atoms with E-state index in [9.17, 15) is 18.4 Å². The van der Waals surface area contributed by atoms with Crippen LogP contribution in [-0.2, 0) is 6.18 Å². The minimum Gasteiger partial charge on any atom is -0.490 e. The van der Waals surface area contributed by atoms with Gasteiger partial charge in [0.1, 0.15) is 52.0 Å². The molecule has 2 aromatic carbocycles. The van der Waals surface area contributed by atoms with Crippen LogP contribution in [0.5, 0.6) is 11.8 Å². The first kappa shape index (κ1) is 36.8. The van der Waals surface area contributed by atoms with Gasteiger partial charge in [0.2, 0.25) is 0 Å². The second-order valence-electron chi connectivity index (χ2n) is 14.2. The van der Waals surface area contributed by atoms with Crippen molar-refractivity contribution in [3.63, 3.8) is 0 Å². The van der Waals surface area contributed by atoms with Crippen molar-refractivity contribution in [2.75, 3.05) is 49.7 Å². The molecule has 1 saturated carbocycles. The number of thiophene rings is 1. The van der Waals surface area contributed by atoms with Crippen molar-refractivity contribution < 1.29 is 40.2 Å². The Hall–Kier alpha value is -5.15. The second kappa shape index (κ2) is 13.0. The average Bonchev–Trinajstić information content (AvgIpc) is 3.45. The highest BCUT2D eigenvalue weighted by Gasteiger charge is 2.74. The van der Waals surface area contributed by atoms with Crippen LogP contribution in [0.4, 0.5) is 47.4 Å². The first-order valence-corrected chi connectivity index (χ1v) is 18.2. The van der Waals surface area contributed by atoms with Crippen LogP contribution in [0.3, 0.4) is 0 Å². The maximum atomic E-state index is 16.7. The molecule has 3 unspecified atom stereocenters. The van der Waals surface area contributed by atoms with Crippen molar-refractivity contribution in [2.24, 2.45) is 5.41 Å². The summed E-state index contributed by atoms with van der Waals surface area (Å²) in [5, 5.41) is 9.02. The van der Waals surface area contributed by atoms with Crippen molar-refractivity contribution in [1.82, 2.24) is 19.9 Å². The number of nitriles is 1. The van der Waals surface area contributed by atoms with E-state index in [-0.39, 0.29) is 63.3 Å². The Morgan fingerprint density at radius 1 is 1.13 bits per heavy atom. The molecular weight excluding hydrogens is 754 g/mol. The van der Waals surface area contributed by atoms with E-state index >= 15 is 17.6 Å². The Morgan fingerprint density at radius 3 is 2.55 bits per heavy atom. The molecule has 0 amide bonds. The number of nitrogens with two attached hydrogens (primary N) is 2. The maximum Gasteiger partial charge on any atom is 0.420 e. The average molecular weight is 787 g/mol. The van der Waals surface area contributed by atoms with Gasteiger partial charge in [0.25, 0.3) is 5.92 Å². The summed E-state index contributed by atoms with van der Waals surface area (Å²) in [6.45, 7) is 3.23. The Morgan fingerprint density at radius 2 is 1.89 bits per heavy atom. The predicted molar refractivity (Wildman–Crippen MR) is 192 cm³/mol. The number of pyridine rings is 1. The molecule has 3 aromatic heterocycles. The molecule has 2 saturated heterocycles. The van der Waals surface area contributed by atoms with Gasteiger partial charge < -0.3 is 25.8 Å².